The summed E-state index contributed by atoms with van der Waals surface area (Å²) in [6.07, 6.45) is 11.0. The second-order valence-corrected chi connectivity index (χ2v) is 7.60. The summed E-state index contributed by atoms with van der Waals surface area (Å²) in [4.78, 5) is 19.9. The molecule has 2 aromatic heterocycles. The minimum Gasteiger partial charge on any atom is -0.441 e. The lowest BCUT2D eigenvalue weighted by molar-refractivity contribution is 0.0594. The molecule has 3 aromatic rings. The van der Waals surface area contributed by atoms with Crippen LogP contribution >= 0.6 is 0 Å². The van der Waals surface area contributed by atoms with Crippen LogP contribution in [0, 0.1) is 0 Å². The third kappa shape index (κ3) is 4.11. The van der Waals surface area contributed by atoms with Gasteiger partial charge in [0.15, 0.2) is 11.5 Å². The van der Waals surface area contributed by atoms with Crippen molar-refractivity contribution in [2.45, 2.75) is 64.5 Å². The highest BCUT2D eigenvalue weighted by molar-refractivity contribution is 5.97. The Morgan fingerprint density at radius 2 is 2.25 bits per heavy atom. The Morgan fingerprint density at radius 3 is 3.07 bits per heavy atom. The maximum absolute atomic E-state index is 13.2. The first-order valence-corrected chi connectivity index (χ1v) is 10.4. The average Bonchev–Trinajstić information content (AvgIpc) is 3.39. The maximum atomic E-state index is 13.2. The van der Waals surface area contributed by atoms with E-state index in [2.05, 4.69) is 17.0 Å². The minimum atomic E-state index is 0.102. The maximum Gasteiger partial charge on any atom is 0.254 e. The number of nitrogens with zero attached hydrogens (tertiary/aromatic N) is 4. The molecule has 0 saturated carbocycles. The number of carbonyl (C=O) groups excluding carboxylic acids is 1. The fourth-order valence-corrected chi connectivity index (χ4v) is 3.99. The lowest BCUT2D eigenvalue weighted by Gasteiger charge is -2.36. The van der Waals surface area contributed by atoms with Gasteiger partial charge in [-0.15, -0.1) is 0 Å². The first-order valence-electron chi connectivity index (χ1n) is 10.4. The van der Waals surface area contributed by atoms with Gasteiger partial charge in [0.25, 0.3) is 5.91 Å². The molecule has 28 heavy (non-hydrogen) atoms. The van der Waals surface area contributed by atoms with E-state index < -0.39 is 0 Å². The van der Waals surface area contributed by atoms with E-state index in [4.69, 9.17) is 4.42 Å². The Labute approximate surface area is 165 Å². The number of oxazole rings is 1. The van der Waals surface area contributed by atoms with Gasteiger partial charge in [-0.05, 0) is 56.4 Å². The number of likely N-dealkylation sites (tertiary alicyclic amines) is 1. The topological polar surface area (TPSA) is 64.2 Å². The van der Waals surface area contributed by atoms with Gasteiger partial charge in [-0.25, -0.2) is 4.98 Å². The van der Waals surface area contributed by atoms with Crippen LogP contribution in [0.5, 0.6) is 0 Å². The van der Waals surface area contributed by atoms with Gasteiger partial charge >= 0.3 is 0 Å². The molecular weight excluding hydrogens is 352 g/mol. The number of benzene rings is 1. The molecule has 148 valence electrons. The SMILES string of the molecule is CCCCc1nc2cc(C(=O)N3CCCCC3CCn3cccn3)ccc2o1. The molecule has 0 aliphatic carbocycles. The number of unbranched alkanes of at least 4 members (excludes halogenated alkanes) is 1. The Hall–Kier alpha value is -2.63. The Bertz CT molecular complexity index is 916. The summed E-state index contributed by atoms with van der Waals surface area (Å²) < 4.78 is 7.75. The number of fused-ring (bicyclic) bond motifs is 1. The van der Waals surface area contributed by atoms with E-state index in [0.717, 1.165) is 68.6 Å². The first kappa shape index (κ1) is 18.7. The number of aryl methyl sites for hydroxylation is 2. The molecule has 0 bridgehead atoms. The fraction of sp³-hybridized carbons (Fsp3) is 0.500. The molecule has 1 atom stereocenters. The molecule has 1 saturated heterocycles. The third-order valence-corrected chi connectivity index (χ3v) is 5.56. The van der Waals surface area contributed by atoms with Crippen molar-refractivity contribution in [3.05, 3.63) is 48.1 Å². The number of amides is 1. The van der Waals surface area contributed by atoms with Crippen LogP contribution in [0.15, 0.2) is 41.1 Å². The predicted molar refractivity (Wildman–Crippen MR) is 108 cm³/mol. The zero-order chi connectivity index (χ0) is 19.3. The van der Waals surface area contributed by atoms with Crippen LogP contribution < -0.4 is 0 Å². The molecular formula is C22H28N4O2. The van der Waals surface area contributed by atoms with E-state index in [1.165, 1.54) is 6.42 Å². The Kier molecular flexibility index (Phi) is 5.74. The summed E-state index contributed by atoms with van der Waals surface area (Å²) in [6, 6.07) is 7.84. The van der Waals surface area contributed by atoms with Crippen LogP contribution in [0.3, 0.4) is 0 Å². The number of rotatable bonds is 7. The van der Waals surface area contributed by atoms with Gasteiger partial charge in [-0.2, -0.15) is 5.10 Å². The van der Waals surface area contributed by atoms with Crippen LogP contribution in [-0.4, -0.2) is 38.2 Å². The molecule has 6 nitrogen and oxygen atoms in total. The normalized spacial score (nSPS) is 17.3. The molecule has 6 heteroatoms. The van der Waals surface area contributed by atoms with Gasteiger partial charge in [0.2, 0.25) is 0 Å². The summed E-state index contributed by atoms with van der Waals surface area (Å²) in [5.74, 6) is 0.863. The van der Waals surface area contributed by atoms with Gasteiger partial charge in [-0.3, -0.25) is 9.48 Å². The number of hydrogen-bond donors (Lipinski definition) is 0. The van der Waals surface area contributed by atoms with Crippen molar-refractivity contribution in [2.24, 2.45) is 0 Å². The number of carbonyl (C=O) groups is 1. The molecule has 1 aromatic carbocycles. The van der Waals surface area contributed by atoms with E-state index in [-0.39, 0.29) is 11.9 Å². The van der Waals surface area contributed by atoms with Crippen molar-refractivity contribution >= 4 is 17.0 Å². The number of hydrogen-bond acceptors (Lipinski definition) is 4. The number of aromatic nitrogens is 3. The van der Waals surface area contributed by atoms with Crippen LogP contribution in [0.25, 0.3) is 11.1 Å². The van der Waals surface area contributed by atoms with Crippen molar-refractivity contribution in [3.8, 4) is 0 Å². The van der Waals surface area contributed by atoms with Gasteiger partial charge in [0.1, 0.15) is 5.52 Å². The predicted octanol–water partition coefficient (Wildman–Crippen LogP) is 4.45. The number of piperidine rings is 1. The van der Waals surface area contributed by atoms with Crippen LogP contribution in [0.2, 0.25) is 0 Å². The first-order chi connectivity index (χ1) is 13.7. The molecule has 3 heterocycles. The van der Waals surface area contributed by atoms with Crippen molar-refractivity contribution in [3.63, 3.8) is 0 Å². The van der Waals surface area contributed by atoms with Crippen LogP contribution in [-0.2, 0) is 13.0 Å². The largest absolute Gasteiger partial charge is 0.441 e. The lowest BCUT2D eigenvalue weighted by atomic mass is 9.98. The van der Waals surface area contributed by atoms with Crippen molar-refractivity contribution in [1.82, 2.24) is 19.7 Å². The molecule has 1 aliphatic rings. The molecule has 0 radical (unpaired) electrons. The summed E-state index contributed by atoms with van der Waals surface area (Å²) >= 11 is 0. The summed E-state index contributed by atoms with van der Waals surface area (Å²) in [6.45, 7) is 3.81. The molecule has 1 aliphatic heterocycles. The minimum absolute atomic E-state index is 0.102. The van der Waals surface area contributed by atoms with Gasteiger partial charge in [0.05, 0.1) is 0 Å². The van der Waals surface area contributed by atoms with E-state index in [1.54, 1.807) is 6.20 Å². The quantitative estimate of drug-likeness (QED) is 0.607. The van der Waals surface area contributed by atoms with Crippen LogP contribution in [0.4, 0.5) is 0 Å². The molecule has 0 spiro atoms. The second-order valence-electron chi connectivity index (χ2n) is 7.60. The highest BCUT2D eigenvalue weighted by atomic mass is 16.3. The molecule has 1 fully saturated rings. The molecule has 0 N–H and O–H groups in total. The molecule has 1 amide bonds. The van der Waals surface area contributed by atoms with Gasteiger partial charge in [-0.1, -0.05) is 13.3 Å². The third-order valence-electron chi connectivity index (χ3n) is 5.56. The average molecular weight is 380 g/mol. The van der Waals surface area contributed by atoms with Crippen LogP contribution in [0.1, 0.15) is 61.7 Å². The summed E-state index contributed by atoms with van der Waals surface area (Å²) in [5, 5.41) is 4.28. The fourth-order valence-electron chi connectivity index (χ4n) is 3.99. The monoisotopic (exact) mass is 380 g/mol. The summed E-state index contributed by atoms with van der Waals surface area (Å²) in [5.41, 5.74) is 2.24. The lowest BCUT2D eigenvalue weighted by Crippen LogP contribution is -2.44. The highest BCUT2D eigenvalue weighted by Gasteiger charge is 2.27. The van der Waals surface area contributed by atoms with E-state index in [1.807, 2.05) is 40.0 Å². The van der Waals surface area contributed by atoms with Crippen molar-refractivity contribution in [2.75, 3.05) is 6.54 Å². The Balaban J connectivity index is 1.49. The highest BCUT2D eigenvalue weighted by Crippen LogP contribution is 2.25. The zero-order valence-corrected chi connectivity index (χ0v) is 16.5. The smallest absolute Gasteiger partial charge is 0.254 e. The second kappa shape index (κ2) is 8.59. The summed E-state index contributed by atoms with van der Waals surface area (Å²) in [7, 11) is 0. The molecule has 4 rings (SSSR count). The van der Waals surface area contributed by atoms with Crippen molar-refractivity contribution in [1.29, 1.82) is 0 Å². The van der Waals surface area contributed by atoms with E-state index >= 15 is 0 Å². The standard InChI is InChI=1S/C22H28N4O2/c1-2-3-8-21-24-19-16-17(9-10-20(19)28-21)22(27)26-14-5-4-7-18(26)11-15-25-13-6-12-23-25/h6,9-10,12-13,16,18H,2-5,7-8,11,14-15H2,1H3. The van der Waals surface area contributed by atoms with E-state index in [9.17, 15) is 4.79 Å². The zero-order valence-electron chi connectivity index (χ0n) is 16.5. The Morgan fingerprint density at radius 1 is 1.32 bits per heavy atom. The van der Waals surface area contributed by atoms with Gasteiger partial charge in [0, 0.05) is 43.5 Å². The van der Waals surface area contributed by atoms with Crippen molar-refractivity contribution < 1.29 is 9.21 Å². The van der Waals surface area contributed by atoms with Gasteiger partial charge < -0.3 is 9.32 Å². The molecule has 1 unspecified atom stereocenters. The van der Waals surface area contributed by atoms with E-state index in [0.29, 0.717) is 5.56 Å².